The SMILES string of the molecule is COc1ccc2c(c1)OCC(N)C2N1CCN(C)CC1. The molecule has 2 aliphatic heterocycles. The molecule has 1 fully saturated rings. The molecule has 0 bridgehead atoms. The number of nitrogens with zero attached hydrogens (tertiary/aromatic N) is 2. The van der Waals surface area contributed by atoms with Gasteiger partial charge in [-0.25, -0.2) is 0 Å². The molecule has 110 valence electrons. The van der Waals surface area contributed by atoms with Crippen LogP contribution in [-0.4, -0.2) is 62.8 Å². The van der Waals surface area contributed by atoms with E-state index in [-0.39, 0.29) is 12.1 Å². The first-order chi connectivity index (χ1) is 9.69. The summed E-state index contributed by atoms with van der Waals surface area (Å²) in [4.78, 5) is 4.84. The fourth-order valence-corrected chi connectivity index (χ4v) is 3.09. The Morgan fingerprint density at radius 1 is 1.25 bits per heavy atom. The third kappa shape index (κ3) is 2.49. The van der Waals surface area contributed by atoms with E-state index in [9.17, 15) is 0 Å². The summed E-state index contributed by atoms with van der Waals surface area (Å²) in [6, 6.07) is 6.32. The van der Waals surface area contributed by atoms with E-state index in [1.165, 1.54) is 5.56 Å². The number of ether oxygens (including phenoxy) is 2. The number of likely N-dealkylation sites (N-methyl/N-ethyl adjacent to an activating group) is 1. The van der Waals surface area contributed by atoms with Crippen LogP contribution in [0.15, 0.2) is 18.2 Å². The highest BCUT2D eigenvalue weighted by Gasteiger charge is 2.34. The Hall–Kier alpha value is -1.30. The highest BCUT2D eigenvalue weighted by atomic mass is 16.5. The minimum absolute atomic E-state index is 0.0271. The van der Waals surface area contributed by atoms with Crippen LogP contribution in [0.5, 0.6) is 11.5 Å². The van der Waals surface area contributed by atoms with Crippen molar-refractivity contribution in [3.63, 3.8) is 0 Å². The van der Waals surface area contributed by atoms with Crippen molar-refractivity contribution in [2.75, 3.05) is 46.9 Å². The van der Waals surface area contributed by atoms with Crippen LogP contribution in [0.2, 0.25) is 0 Å². The van der Waals surface area contributed by atoms with E-state index in [2.05, 4.69) is 22.9 Å². The van der Waals surface area contributed by atoms with Crippen LogP contribution in [-0.2, 0) is 0 Å². The van der Waals surface area contributed by atoms with E-state index >= 15 is 0 Å². The molecule has 0 spiro atoms. The van der Waals surface area contributed by atoms with Crippen LogP contribution in [0.1, 0.15) is 11.6 Å². The van der Waals surface area contributed by atoms with Gasteiger partial charge in [-0.2, -0.15) is 0 Å². The lowest BCUT2D eigenvalue weighted by atomic mass is 9.94. The average molecular weight is 277 g/mol. The van der Waals surface area contributed by atoms with E-state index in [0.29, 0.717) is 6.61 Å². The van der Waals surface area contributed by atoms with Crippen LogP contribution in [0.3, 0.4) is 0 Å². The molecule has 2 N–H and O–H groups in total. The number of hydrogen-bond donors (Lipinski definition) is 1. The van der Waals surface area contributed by atoms with Gasteiger partial charge in [0.05, 0.1) is 19.2 Å². The van der Waals surface area contributed by atoms with E-state index < -0.39 is 0 Å². The summed E-state index contributed by atoms with van der Waals surface area (Å²) in [5.41, 5.74) is 7.51. The summed E-state index contributed by atoms with van der Waals surface area (Å²) in [5.74, 6) is 1.74. The van der Waals surface area contributed by atoms with Crippen molar-refractivity contribution in [3.8, 4) is 11.5 Å². The number of piperazine rings is 1. The molecule has 0 aromatic heterocycles. The van der Waals surface area contributed by atoms with Crippen LogP contribution < -0.4 is 15.2 Å². The van der Waals surface area contributed by atoms with Crippen molar-refractivity contribution in [1.29, 1.82) is 0 Å². The van der Waals surface area contributed by atoms with Crippen LogP contribution in [0.4, 0.5) is 0 Å². The average Bonchev–Trinajstić information content (AvgIpc) is 2.48. The molecule has 0 radical (unpaired) electrons. The van der Waals surface area contributed by atoms with Crippen molar-refractivity contribution < 1.29 is 9.47 Å². The summed E-state index contributed by atoms with van der Waals surface area (Å²) in [7, 11) is 3.84. The monoisotopic (exact) mass is 277 g/mol. The number of benzene rings is 1. The Morgan fingerprint density at radius 3 is 2.70 bits per heavy atom. The lowest BCUT2D eigenvalue weighted by Crippen LogP contribution is -2.53. The highest BCUT2D eigenvalue weighted by molar-refractivity contribution is 5.44. The fourth-order valence-electron chi connectivity index (χ4n) is 3.09. The molecule has 3 rings (SSSR count). The predicted molar refractivity (Wildman–Crippen MR) is 78.3 cm³/mol. The Bertz CT molecular complexity index is 472. The topological polar surface area (TPSA) is 51.0 Å². The number of hydrogen-bond acceptors (Lipinski definition) is 5. The second kappa shape index (κ2) is 5.60. The molecule has 1 aromatic carbocycles. The lowest BCUT2D eigenvalue weighted by molar-refractivity contribution is 0.0723. The summed E-state index contributed by atoms with van der Waals surface area (Å²) < 4.78 is 11.0. The van der Waals surface area contributed by atoms with Gasteiger partial charge in [-0.05, 0) is 19.2 Å². The molecule has 5 heteroatoms. The minimum Gasteiger partial charge on any atom is -0.497 e. The first-order valence-electron chi connectivity index (χ1n) is 7.18. The van der Waals surface area contributed by atoms with Gasteiger partial charge in [0, 0.05) is 37.8 Å². The molecule has 2 unspecified atom stereocenters. The van der Waals surface area contributed by atoms with Gasteiger partial charge in [0.15, 0.2) is 0 Å². The third-order valence-electron chi connectivity index (χ3n) is 4.31. The lowest BCUT2D eigenvalue weighted by Gasteiger charge is -2.43. The fraction of sp³-hybridized carbons (Fsp3) is 0.600. The van der Waals surface area contributed by atoms with Crippen LogP contribution >= 0.6 is 0 Å². The minimum atomic E-state index is 0.0271. The van der Waals surface area contributed by atoms with Gasteiger partial charge in [-0.15, -0.1) is 0 Å². The van der Waals surface area contributed by atoms with Crippen molar-refractivity contribution in [2.24, 2.45) is 5.73 Å². The zero-order valence-corrected chi connectivity index (χ0v) is 12.2. The first kappa shape index (κ1) is 13.7. The van der Waals surface area contributed by atoms with Crippen molar-refractivity contribution in [3.05, 3.63) is 23.8 Å². The predicted octanol–water partition coefficient (Wildman–Crippen LogP) is 0.703. The largest absolute Gasteiger partial charge is 0.497 e. The number of methoxy groups -OCH3 is 1. The Kier molecular flexibility index (Phi) is 3.83. The molecular weight excluding hydrogens is 254 g/mol. The summed E-state index contributed by atoms with van der Waals surface area (Å²) in [5, 5.41) is 0. The normalized spacial score (nSPS) is 27.8. The summed E-state index contributed by atoms with van der Waals surface area (Å²) in [6.45, 7) is 4.86. The van der Waals surface area contributed by atoms with Gasteiger partial charge >= 0.3 is 0 Å². The maximum Gasteiger partial charge on any atom is 0.127 e. The molecule has 2 aliphatic rings. The van der Waals surface area contributed by atoms with Crippen molar-refractivity contribution in [2.45, 2.75) is 12.1 Å². The molecule has 1 aromatic rings. The van der Waals surface area contributed by atoms with E-state index in [1.54, 1.807) is 7.11 Å². The summed E-state index contributed by atoms with van der Waals surface area (Å²) in [6.07, 6.45) is 0. The Labute approximate surface area is 120 Å². The van der Waals surface area contributed by atoms with Gasteiger partial charge in [-0.1, -0.05) is 0 Å². The van der Waals surface area contributed by atoms with Crippen molar-refractivity contribution >= 4 is 0 Å². The van der Waals surface area contributed by atoms with E-state index in [4.69, 9.17) is 15.2 Å². The smallest absolute Gasteiger partial charge is 0.127 e. The molecule has 20 heavy (non-hydrogen) atoms. The van der Waals surface area contributed by atoms with Gasteiger partial charge in [0.2, 0.25) is 0 Å². The third-order valence-corrected chi connectivity index (χ3v) is 4.31. The first-order valence-corrected chi connectivity index (χ1v) is 7.18. The van der Waals surface area contributed by atoms with Gasteiger partial charge in [0.25, 0.3) is 0 Å². The maximum atomic E-state index is 6.32. The molecule has 0 saturated carbocycles. The number of fused-ring (bicyclic) bond motifs is 1. The molecular formula is C15H23N3O2. The van der Waals surface area contributed by atoms with E-state index in [1.807, 2.05) is 12.1 Å². The Morgan fingerprint density at radius 2 is 2.00 bits per heavy atom. The van der Waals surface area contributed by atoms with E-state index in [0.717, 1.165) is 37.7 Å². The maximum absolute atomic E-state index is 6.32. The zero-order chi connectivity index (χ0) is 14.1. The standard InChI is InChI=1S/C15H23N3O2/c1-17-5-7-18(8-6-17)15-12-4-3-11(19-2)9-14(12)20-10-13(15)16/h3-4,9,13,15H,5-8,10,16H2,1-2H3. The molecule has 5 nitrogen and oxygen atoms in total. The quantitative estimate of drug-likeness (QED) is 0.862. The van der Waals surface area contributed by atoms with Gasteiger partial charge in [0.1, 0.15) is 18.1 Å². The molecule has 1 saturated heterocycles. The summed E-state index contributed by atoms with van der Waals surface area (Å²) >= 11 is 0. The number of rotatable bonds is 2. The molecule has 2 heterocycles. The molecule has 0 amide bonds. The second-order valence-electron chi connectivity index (χ2n) is 5.66. The van der Waals surface area contributed by atoms with Gasteiger partial charge < -0.3 is 20.1 Å². The highest BCUT2D eigenvalue weighted by Crippen LogP contribution is 2.37. The second-order valence-corrected chi connectivity index (χ2v) is 5.66. The Balaban J connectivity index is 1.87. The van der Waals surface area contributed by atoms with Gasteiger partial charge in [-0.3, -0.25) is 4.90 Å². The number of nitrogens with two attached hydrogens (primary N) is 1. The molecule has 2 atom stereocenters. The molecule has 0 aliphatic carbocycles. The van der Waals surface area contributed by atoms with Crippen LogP contribution in [0, 0.1) is 0 Å². The zero-order valence-electron chi connectivity index (χ0n) is 12.2. The van der Waals surface area contributed by atoms with Crippen molar-refractivity contribution in [1.82, 2.24) is 9.80 Å². The van der Waals surface area contributed by atoms with Crippen LogP contribution in [0.25, 0.3) is 0 Å².